The summed E-state index contributed by atoms with van der Waals surface area (Å²) in [6.45, 7) is 1.48. The largest absolute Gasteiger partial charge is 0.346 e. The number of nitro groups is 1. The van der Waals surface area contributed by atoms with Crippen LogP contribution in [0.2, 0.25) is 0 Å². The lowest BCUT2D eigenvalue weighted by Gasteiger charge is -2.06. The quantitative estimate of drug-likeness (QED) is 0.602. The summed E-state index contributed by atoms with van der Waals surface area (Å²) in [5, 5.41) is 13.1. The van der Waals surface area contributed by atoms with Crippen LogP contribution in [-0.4, -0.2) is 23.2 Å². The number of nitrogens with one attached hydrogen (secondary N) is 1. The average molecular weight is 235 g/mol. The molecule has 0 aliphatic rings. The molecule has 0 fully saturated rings. The number of rotatable bonds is 5. The maximum Gasteiger partial charge on any atom is 0.273 e. The maximum absolute atomic E-state index is 11.4. The molecule has 0 heterocycles. The van der Waals surface area contributed by atoms with Crippen molar-refractivity contribution in [2.75, 3.05) is 0 Å². The van der Waals surface area contributed by atoms with E-state index in [9.17, 15) is 19.7 Å². The van der Waals surface area contributed by atoms with E-state index >= 15 is 0 Å². The highest BCUT2D eigenvalue weighted by Crippen LogP contribution is 2.17. The van der Waals surface area contributed by atoms with Crippen molar-refractivity contribution in [3.05, 3.63) is 39.9 Å². The van der Waals surface area contributed by atoms with E-state index in [4.69, 9.17) is 0 Å². The summed E-state index contributed by atoms with van der Waals surface area (Å²) in [7, 11) is 0. The molecule has 0 unspecified atom stereocenters. The van der Waals surface area contributed by atoms with Gasteiger partial charge >= 0.3 is 0 Å². The lowest BCUT2D eigenvalue weighted by Crippen LogP contribution is -2.34. The predicted molar refractivity (Wildman–Crippen MR) is 60.1 cm³/mol. The van der Waals surface area contributed by atoms with E-state index in [1.165, 1.54) is 25.1 Å². The van der Waals surface area contributed by atoms with Crippen LogP contribution in [0.5, 0.6) is 0 Å². The molecule has 6 nitrogen and oxygen atoms in total. The second-order valence-electron chi connectivity index (χ2n) is 3.47. The third-order valence-corrected chi connectivity index (χ3v) is 2.09. The van der Waals surface area contributed by atoms with Crippen molar-refractivity contribution in [1.29, 1.82) is 0 Å². The van der Waals surface area contributed by atoms with Crippen LogP contribution >= 0.6 is 0 Å². The summed E-state index contributed by atoms with van der Waals surface area (Å²) in [5.74, 6) is -0.449. The molecule has 0 saturated heterocycles. The Labute approximate surface area is 97.8 Å². The van der Waals surface area contributed by atoms with E-state index in [0.29, 0.717) is 5.56 Å². The summed E-state index contributed by atoms with van der Waals surface area (Å²) in [6.07, 6.45) is 1.47. The minimum atomic E-state index is -0.717. The number of para-hydroxylation sites is 1. The van der Waals surface area contributed by atoms with Crippen molar-refractivity contribution >= 4 is 17.9 Å². The fourth-order valence-electron chi connectivity index (χ4n) is 1.33. The topological polar surface area (TPSA) is 89.3 Å². The Morgan fingerprint density at radius 2 is 2.18 bits per heavy atom. The Bertz CT molecular complexity index is 445. The number of amides is 1. The Kier molecular flexibility index (Phi) is 4.33. The van der Waals surface area contributed by atoms with Crippen LogP contribution in [0, 0.1) is 10.1 Å². The molecule has 1 atom stereocenters. The molecule has 0 saturated carbocycles. The van der Waals surface area contributed by atoms with Gasteiger partial charge in [-0.2, -0.15) is 0 Å². The van der Waals surface area contributed by atoms with Crippen molar-refractivity contribution in [2.45, 2.75) is 19.4 Å². The second kappa shape index (κ2) is 5.74. The highest BCUT2D eigenvalue weighted by molar-refractivity contribution is 5.82. The molecule has 0 aliphatic carbocycles. The Hall–Kier alpha value is -2.24. The Morgan fingerprint density at radius 1 is 1.53 bits per heavy atom. The van der Waals surface area contributed by atoms with Crippen LogP contribution in [0.4, 0.5) is 5.69 Å². The van der Waals surface area contributed by atoms with Gasteiger partial charge in [0.05, 0.1) is 17.4 Å². The molecule has 89 valence electrons. The van der Waals surface area contributed by atoms with Crippen LogP contribution in [-0.2, 0) is 16.0 Å². The zero-order valence-corrected chi connectivity index (χ0v) is 9.17. The summed E-state index contributed by atoms with van der Waals surface area (Å²) in [5.41, 5.74) is 0.207. The van der Waals surface area contributed by atoms with Crippen molar-refractivity contribution in [2.24, 2.45) is 0 Å². The monoisotopic (exact) mass is 235 g/mol. The highest BCUT2D eigenvalue weighted by atomic mass is 16.6. The third-order valence-electron chi connectivity index (χ3n) is 2.09. The third kappa shape index (κ3) is 3.67. The van der Waals surface area contributed by atoms with Crippen LogP contribution in [0.15, 0.2) is 24.3 Å². The molecule has 0 bridgehead atoms. The molecule has 1 N–H and O–H groups in total. The van der Waals surface area contributed by atoms with Crippen LogP contribution in [0.1, 0.15) is 12.5 Å². The molecule has 6 heteroatoms. The molecule has 1 rings (SSSR count). The summed E-state index contributed by atoms with van der Waals surface area (Å²) in [4.78, 5) is 31.8. The lowest BCUT2D eigenvalue weighted by atomic mass is 10.1. The first-order valence-electron chi connectivity index (χ1n) is 4.94. The minimum Gasteiger partial charge on any atom is -0.346 e. The van der Waals surface area contributed by atoms with Crippen molar-refractivity contribution < 1.29 is 14.5 Å². The molecular formula is C11H11N2O4. The van der Waals surface area contributed by atoms with Crippen molar-refractivity contribution in [3.8, 4) is 0 Å². The number of nitro benzene ring substituents is 1. The molecule has 1 amide bonds. The molecular weight excluding hydrogens is 224 g/mol. The number of benzene rings is 1. The van der Waals surface area contributed by atoms with Gasteiger partial charge in [0, 0.05) is 11.6 Å². The number of hydrogen-bond donors (Lipinski definition) is 1. The van der Waals surface area contributed by atoms with Gasteiger partial charge < -0.3 is 5.32 Å². The van der Waals surface area contributed by atoms with E-state index in [1.807, 2.05) is 0 Å². The number of carbonyl (C=O) groups excluding carboxylic acids is 2. The molecule has 17 heavy (non-hydrogen) atoms. The van der Waals surface area contributed by atoms with Gasteiger partial charge in [0.25, 0.3) is 5.69 Å². The highest BCUT2D eigenvalue weighted by Gasteiger charge is 2.16. The fraction of sp³-hybridized carbons (Fsp3) is 0.273. The molecule has 0 aromatic heterocycles. The van der Waals surface area contributed by atoms with Crippen molar-refractivity contribution in [1.82, 2.24) is 5.32 Å². The Morgan fingerprint density at radius 3 is 2.76 bits per heavy atom. The molecule has 1 aromatic rings. The van der Waals surface area contributed by atoms with E-state index < -0.39 is 16.9 Å². The molecule has 0 aliphatic heterocycles. The average Bonchev–Trinajstić information content (AvgIpc) is 2.29. The first-order valence-corrected chi connectivity index (χ1v) is 4.94. The summed E-state index contributed by atoms with van der Waals surface area (Å²) >= 11 is 0. The zero-order chi connectivity index (χ0) is 12.8. The van der Waals surface area contributed by atoms with E-state index in [-0.39, 0.29) is 12.1 Å². The van der Waals surface area contributed by atoms with Gasteiger partial charge in [-0.3, -0.25) is 19.7 Å². The first kappa shape index (κ1) is 12.8. The smallest absolute Gasteiger partial charge is 0.273 e. The lowest BCUT2D eigenvalue weighted by molar-refractivity contribution is -0.385. The molecule has 1 aromatic carbocycles. The standard InChI is InChI=1S/C11H11N2O4/c1-8(7-14)12-11(15)6-9-4-2-3-5-10(9)13(16)17/h2-5,8H,6H2,1H3,(H,12,15)/t8-/m0/s1. The summed E-state index contributed by atoms with van der Waals surface area (Å²) in [6, 6.07) is 5.27. The van der Waals surface area contributed by atoms with Gasteiger partial charge in [-0.15, -0.1) is 0 Å². The van der Waals surface area contributed by atoms with Crippen molar-refractivity contribution in [3.63, 3.8) is 0 Å². The predicted octanol–water partition coefficient (Wildman–Crippen LogP) is 0.752. The van der Waals surface area contributed by atoms with Gasteiger partial charge in [0.2, 0.25) is 12.2 Å². The molecule has 0 spiro atoms. The fourth-order valence-corrected chi connectivity index (χ4v) is 1.33. The molecule has 1 radical (unpaired) electrons. The SMILES string of the molecule is C[C@@H]([C]=O)NC(=O)Cc1ccccc1[N+](=O)[O-]. The van der Waals surface area contributed by atoms with Gasteiger partial charge in [-0.05, 0) is 6.92 Å². The second-order valence-corrected chi connectivity index (χ2v) is 3.47. The summed E-state index contributed by atoms with van der Waals surface area (Å²) < 4.78 is 0. The van der Waals surface area contributed by atoms with Gasteiger partial charge in [0.15, 0.2) is 0 Å². The van der Waals surface area contributed by atoms with E-state index in [1.54, 1.807) is 12.4 Å². The number of hydrogen-bond acceptors (Lipinski definition) is 4. The van der Waals surface area contributed by atoms with Crippen LogP contribution in [0.3, 0.4) is 0 Å². The zero-order valence-electron chi connectivity index (χ0n) is 9.17. The van der Waals surface area contributed by atoms with E-state index in [2.05, 4.69) is 5.32 Å². The van der Waals surface area contributed by atoms with Gasteiger partial charge in [-0.1, -0.05) is 18.2 Å². The van der Waals surface area contributed by atoms with Crippen LogP contribution < -0.4 is 5.32 Å². The maximum atomic E-state index is 11.4. The van der Waals surface area contributed by atoms with Crippen LogP contribution in [0.25, 0.3) is 0 Å². The van der Waals surface area contributed by atoms with Gasteiger partial charge in [-0.25, -0.2) is 0 Å². The van der Waals surface area contributed by atoms with Gasteiger partial charge in [0.1, 0.15) is 0 Å². The Balaban J connectivity index is 2.78. The number of carbonyl (C=O) groups is 1. The number of nitrogens with zero attached hydrogens (tertiary/aromatic N) is 1. The van der Waals surface area contributed by atoms with E-state index in [0.717, 1.165) is 0 Å². The minimum absolute atomic E-state index is 0.106. The normalized spacial score (nSPS) is 11.6. The first-order chi connectivity index (χ1) is 8.04.